The zero-order valence-electron chi connectivity index (χ0n) is 21.8. The number of rotatable bonds is 2. The van der Waals surface area contributed by atoms with Crippen LogP contribution in [-0.4, -0.2) is 0 Å². The van der Waals surface area contributed by atoms with Gasteiger partial charge in [-0.2, -0.15) is 0 Å². The Morgan fingerprint density at radius 1 is 0.417 bits per heavy atom. The summed E-state index contributed by atoms with van der Waals surface area (Å²) in [5.41, 5.74) is 7.99. The number of halogens is 2. The SMILES string of the molecule is CC(C)(C)c1ccc(-c2c3ccc(Br)cc3c(-c3ccc(C(C)(C)C)cc3)c3ccc(Br)cc23)cc1. The highest BCUT2D eigenvalue weighted by Crippen LogP contribution is 2.45. The van der Waals surface area contributed by atoms with E-state index in [2.05, 4.69) is 158 Å². The Bertz CT molecular complexity index is 1450. The first-order valence-corrected chi connectivity index (χ1v) is 14.1. The van der Waals surface area contributed by atoms with Gasteiger partial charge in [0.1, 0.15) is 0 Å². The minimum atomic E-state index is 0.125. The monoisotopic (exact) mass is 598 g/mol. The first-order valence-electron chi connectivity index (χ1n) is 12.5. The molecule has 0 N–H and O–H groups in total. The minimum absolute atomic E-state index is 0.125. The third-order valence-electron chi connectivity index (χ3n) is 7.12. The Balaban J connectivity index is 1.86. The summed E-state index contributed by atoms with van der Waals surface area (Å²) in [6.07, 6.45) is 0. The zero-order chi connectivity index (χ0) is 25.8. The molecule has 0 atom stereocenters. The van der Waals surface area contributed by atoms with Crippen LogP contribution in [0.3, 0.4) is 0 Å². The first-order chi connectivity index (χ1) is 16.9. The fraction of sp³-hybridized carbons (Fsp3) is 0.235. The second-order valence-corrected chi connectivity index (χ2v) is 13.6. The molecule has 0 aliphatic heterocycles. The van der Waals surface area contributed by atoms with E-state index in [1.54, 1.807) is 0 Å². The van der Waals surface area contributed by atoms with Crippen molar-refractivity contribution >= 4 is 53.4 Å². The highest BCUT2D eigenvalue weighted by molar-refractivity contribution is 9.10. The van der Waals surface area contributed by atoms with Crippen LogP contribution in [0.1, 0.15) is 52.7 Å². The Labute approximate surface area is 232 Å². The average molecular weight is 600 g/mol. The fourth-order valence-electron chi connectivity index (χ4n) is 5.07. The number of fused-ring (bicyclic) bond motifs is 2. The number of benzene rings is 5. The van der Waals surface area contributed by atoms with Crippen molar-refractivity contribution in [1.82, 2.24) is 0 Å². The maximum absolute atomic E-state index is 3.76. The standard InChI is InChI=1S/C34H32Br2/c1-33(2,3)23-11-7-21(8-12-23)31-27-17-15-26(36)20-30(27)32(28-18-16-25(35)19-29(28)31)22-9-13-24(14-10-22)34(4,5)6/h7-20H,1-6H3. The molecule has 5 rings (SSSR count). The molecule has 2 heteroatoms. The molecule has 0 spiro atoms. The predicted molar refractivity (Wildman–Crippen MR) is 165 cm³/mol. The van der Waals surface area contributed by atoms with Gasteiger partial charge in [0.15, 0.2) is 0 Å². The summed E-state index contributed by atoms with van der Waals surface area (Å²) in [6.45, 7) is 13.6. The molecule has 0 saturated carbocycles. The minimum Gasteiger partial charge on any atom is -0.0579 e. The zero-order valence-corrected chi connectivity index (χ0v) is 25.0. The summed E-state index contributed by atoms with van der Waals surface area (Å²) in [5, 5.41) is 5.06. The van der Waals surface area contributed by atoms with E-state index in [0.717, 1.165) is 8.95 Å². The van der Waals surface area contributed by atoms with E-state index in [1.807, 2.05) is 0 Å². The smallest absolute Gasteiger partial charge is 0.0181 e. The number of hydrogen-bond acceptors (Lipinski definition) is 0. The molecule has 0 unspecified atom stereocenters. The second kappa shape index (κ2) is 9.15. The van der Waals surface area contributed by atoms with Gasteiger partial charge in [-0.25, -0.2) is 0 Å². The van der Waals surface area contributed by atoms with E-state index in [0.29, 0.717) is 0 Å². The van der Waals surface area contributed by atoms with E-state index < -0.39 is 0 Å². The predicted octanol–water partition coefficient (Wildman–Crippen LogP) is 11.4. The van der Waals surface area contributed by atoms with Crippen LogP contribution in [0.2, 0.25) is 0 Å². The van der Waals surface area contributed by atoms with Gasteiger partial charge < -0.3 is 0 Å². The molecular formula is C34H32Br2. The summed E-state index contributed by atoms with van der Waals surface area (Å²) >= 11 is 7.51. The highest BCUT2D eigenvalue weighted by Gasteiger charge is 2.20. The second-order valence-electron chi connectivity index (χ2n) is 11.8. The van der Waals surface area contributed by atoms with Crippen LogP contribution >= 0.6 is 31.9 Å². The van der Waals surface area contributed by atoms with Crippen LogP contribution in [0.15, 0.2) is 93.9 Å². The van der Waals surface area contributed by atoms with E-state index in [-0.39, 0.29) is 10.8 Å². The quantitative estimate of drug-likeness (QED) is 0.177. The van der Waals surface area contributed by atoms with Crippen molar-refractivity contribution in [2.45, 2.75) is 52.4 Å². The van der Waals surface area contributed by atoms with E-state index in [9.17, 15) is 0 Å². The van der Waals surface area contributed by atoms with Crippen LogP contribution in [-0.2, 0) is 10.8 Å². The third-order valence-corrected chi connectivity index (χ3v) is 8.11. The molecule has 0 aliphatic rings. The molecule has 0 radical (unpaired) electrons. The van der Waals surface area contributed by atoms with Gasteiger partial charge >= 0.3 is 0 Å². The van der Waals surface area contributed by atoms with Crippen molar-refractivity contribution in [3.05, 3.63) is 105 Å². The molecular weight excluding hydrogens is 568 g/mol. The normalized spacial score (nSPS) is 12.4. The Morgan fingerprint density at radius 3 is 1.06 bits per heavy atom. The van der Waals surface area contributed by atoms with E-state index in [1.165, 1.54) is 54.9 Å². The molecule has 0 amide bonds. The van der Waals surface area contributed by atoms with Crippen molar-refractivity contribution in [3.63, 3.8) is 0 Å². The van der Waals surface area contributed by atoms with Crippen molar-refractivity contribution in [2.24, 2.45) is 0 Å². The molecule has 0 aromatic heterocycles. The van der Waals surface area contributed by atoms with Gasteiger partial charge in [-0.05, 0) is 90.0 Å². The van der Waals surface area contributed by atoms with Crippen molar-refractivity contribution in [3.8, 4) is 22.3 Å². The lowest BCUT2D eigenvalue weighted by atomic mass is 9.82. The maximum atomic E-state index is 3.76. The maximum Gasteiger partial charge on any atom is 0.0181 e. The van der Waals surface area contributed by atoms with E-state index >= 15 is 0 Å². The summed E-state index contributed by atoms with van der Waals surface area (Å²) < 4.78 is 2.18. The molecule has 5 aromatic rings. The largest absolute Gasteiger partial charge is 0.0579 e. The van der Waals surface area contributed by atoms with Gasteiger partial charge in [-0.1, -0.05) is 134 Å². The first kappa shape index (κ1) is 25.2. The summed E-state index contributed by atoms with van der Waals surface area (Å²) in [4.78, 5) is 0. The van der Waals surface area contributed by atoms with Gasteiger partial charge in [0, 0.05) is 8.95 Å². The molecule has 0 fully saturated rings. The summed E-state index contributed by atoms with van der Waals surface area (Å²) in [7, 11) is 0. The summed E-state index contributed by atoms with van der Waals surface area (Å²) in [6, 6.07) is 31.7. The lowest BCUT2D eigenvalue weighted by Crippen LogP contribution is -2.10. The van der Waals surface area contributed by atoms with Crippen LogP contribution in [0.25, 0.3) is 43.8 Å². The van der Waals surface area contributed by atoms with Crippen molar-refractivity contribution in [2.75, 3.05) is 0 Å². The lowest BCUT2D eigenvalue weighted by molar-refractivity contribution is 0.590. The van der Waals surface area contributed by atoms with Crippen LogP contribution in [0, 0.1) is 0 Å². The van der Waals surface area contributed by atoms with Crippen molar-refractivity contribution < 1.29 is 0 Å². The van der Waals surface area contributed by atoms with Gasteiger partial charge in [0.05, 0.1) is 0 Å². The fourth-order valence-corrected chi connectivity index (χ4v) is 5.79. The molecule has 5 aromatic carbocycles. The van der Waals surface area contributed by atoms with E-state index in [4.69, 9.17) is 0 Å². The van der Waals surface area contributed by atoms with Crippen LogP contribution in [0.5, 0.6) is 0 Å². The highest BCUT2D eigenvalue weighted by atomic mass is 79.9. The molecule has 0 aliphatic carbocycles. The summed E-state index contributed by atoms with van der Waals surface area (Å²) in [5.74, 6) is 0. The van der Waals surface area contributed by atoms with Gasteiger partial charge in [-0.3, -0.25) is 0 Å². The van der Waals surface area contributed by atoms with Crippen molar-refractivity contribution in [1.29, 1.82) is 0 Å². The van der Waals surface area contributed by atoms with Crippen LogP contribution < -0.4 is 0 Å². The van der Waals surface area contributed by atoms with Gasteiger partial charge in [0.2, 0.25) is 0 Å². The number of hydrogen-bond donors (Lipinski definition) is 0. The lowest BCUT2D eigenvalue weighted by Gasteiger charge is -2.22. The Kier molecular flexibility index (Phi) is 6.42. The molecule has 0 saturated heterocycles. The molecule has 36 heavy (non-hydrogen) atoms. The molecule has 0 bridgehead atoms. The Hall–Kier alpha value is -2.42. The third kappa shape index (κ3) is 4.66. The van der Waals surface area contributed by atoms with Gasteiger partial charge in [0.25, 0.3) is 0 Å². The Morgan fingerprint density at radius 2 is 0.750 bits per heavy atom. The average Bonchev–Trinajstić information content (AvgIpc) is 2.81. The van der Waals surface area contributed by atoms with Gasteiger partial charge in [-0.15, -0.1) is 0 Å². The topological polar surface area (TPSA) is 0 Å². The van der Waals surface area contributed by atoms with Crippen LogP contribution in [0.4, 0.5) is 0 Å². The molecule has 182 valence electrons. The molecule has 0 heterocycles. The molecule has 0 nitrogen and oxygen atoms in total.